The molecule has 0 bridgehead atoms. The van der Waals surface area contributed by atoms with Gasteiger partial charge in [0.1, 0.15) is 5.75 Å². The highest BCUT2D eigenvalue weighted by atomic mass is 35.5. The number of para-hydroxylation sites is 1. The second-order valence-electron chi connectivity index (χ2n) is 6.65. The van der Waals surface area contributed by atoms with E-state index in [2.05, 4.69) is 17.0 Å². The van der Waals surface area contributed by atoms with Crippen LogP contribution >= 0.6 is 22.9 Å². The lowest BCUT2D eigenvalue weighted by atomic mass is 10.2. The molecule has 0 radical (unpaired) electrons. The van der Waals surface area contributed by atoms with E-state index in [0.29, 0.717) is 26.9 Å². The van der Waals surface area contributed by atoms with Gasteiger partial charge in [0, 0.05) is 16.1 Å². The van der Waals surface area contributed by atoms with Crippen LogP contribution in [0, 0.1) is 0 Å². The van der Waals surface area contributed by atoms with E-state index >= 15 is 0 Å². The minimum absolute atomic E-state index is 0.182. The van der Waals surface area contributed by atoms with Crippen LogP contribution in [0.3, 0.4) is 0 Å². The minimum Gasteiger partial charge on any atom is -0.493 e. The molecule has 0 aliphatic rings. The summed E-state index contributed by atoms with van der Waals surface area (Å²) in [6.07, 6.45) is 5.15. The standard InChI is InChI=1S/C22H20ClN3O2S/c1-2-3-6-13-28-18-8-5-4-7-16(18)14-19-21(27)26-22(29-19)24-20(25-26)15-9-11-17(23)12-10-15/h4-5,7-12,14H,2-3,6,13H2,1H3/b19-14+. The van der Waals surface area contributed by atoms with E-state index in [-0.39, 0.29) is 5.56 Å². The van der Waals surface area contributed by atoms with Crippen LogP contribution in [0.15, 0.2) is 53.3 Å². The van der Waals surface area contributed by atoms with E-state index in [1.807, 2.05) is 42.5 Å². The molecule has 0 aliphatic heterocycles. The molecule has 0 amide bonds. The number of fused-ring (bicyclic) bond motifs is 1. The van der Waals surface area contributed by atoms with Gasteiger partial charge < -0.3 is 4.74 Å². The number of benzene rings is 2. The second kappa shape index (κ2) is 8.76. The summed E-state index contributed by atoms with van der Waals surface area (Å²) in [5.74, 6) is 1.29. The van der Waals surface area contributed by atoms with Gasteiger partial charge in [-0.25, -0.2) is 0 Å². The Kier molecular flexibility index (Phi) is 5.92. The fourth-order valence-electron chi connectivity index (χ4n) is 2.96. The Morgan fingerprint density at radius 2 is 1.93 bits per heavy atom. The normalized spacial score (nSPS) is 12.0. The highest BCUT2D eigenvalue weighted by molar-refractivity contribution is 7.15. The average Bonchev–Trinajstić information content (AvgIpc) is 3.27. The van der Waals surface area contributed by atoms with Crippen molar-refractivity contribution in [3.63, 3.8) is 0 Å². The van der Waals surface area contributed by atoms with Crippen LogP contribution in [0.1, 0.15) is 31.7 Å². The number of rotatable bonds is 7. The zero-order valence-electron chi connectivity index (χ0n) is 16.0. The van der Waals surface area contributed by atoms with Crippen LogP contribution in [-0.4, -0.2) is 21.2 Å². The topological polar surface area (TPSA) is 56.5 Å². The molecule has 0 spiro atoms. The fraction of sp³-hybridized carbons (Fsp3) is 0.227. The quantitative estimate of drug-likeness (QED) is 0.406. The number of hydrogen-bond donors (Lipinski definition) is 0. The summed E-state index contributed by atoms with van der Waals surface area (Å²) in [6, 6.07) is 15.0. The number of halogens is 1. The number of hydrogen-bond acceptors (Lipinski definition) is 5. The van der Waals surface area contributed by atoms with Gasteiger partial charge >= 0.3 is 0 Å². The summed E-state index contributed by atoms with van der Waals surface area (Å²) >= 11 is 7.25. The van der Waals surface area contributed by atoms with Gasteiger partial charge in [0.05, 0.1) is 11.1 Å². The first kappa shape index (κ1) is 19.6. The van der Waals surface area contributed by atoms with Crippen molar-refractivity contribution in [1.82, 2.24) is 14.6 Å². The van der Waals surface area contributed by atoms with E-state index in [9.17, 15) is 4.79 Å². The molecule has 0 N–H and O–H groups in total. The SMILES string of the molecule is CCCCCOc1ccccc1/C=c1/sc2nc(-c3ccc(Cl)cc3)nn2c1=O. The largest absolute Gasteiger partial charge is 0.493 e. The Hall–Kier alpha value is -2.70. The molecule has 2 aromatic carbocycles. The van der Waals surface area contributed by atoms with Gasteiger partial charge in [0.25, 0.3) is 5.56 Å². The first-order valence-corrected chi connectivity index (χ1v) is 10.7. The van der Waals surface area contributed by atoms with Gasteiger partial charge in [-0.1, -0.05) is 60.9 Å². The highest BCUT2D eigenvalue weighted by Crippen LogP contribution is 2.21. The molecule has 0 unspecified atom stereocenters. The smallest absolute Gasteiger partial charge is 0.291 e. The van der Waals surface area contributed by atoms with Gasteiger partial charge in [-0.3, -0.25) is 4.79 Å². The van der Waals surface area contributed by atoms with Crippen molar-refractivity contribution in [3.8, 4) is 17.1 Å². The average molecular weight is 426 g/mol. The minimum atomic E-state index is -0.182. The third kappa shape index (κ3) is 4.33. The lowest BCUT2D eigenvalue weighted by Crippen LogP contribution is -2.23. The first-order valence-electron chi connectivity index (χ1n) is 9.55. The van der Waals surface area contributed by atoms with Crippen LogP contribution in [-0.2, 0) is 0 Å². The Morgan fingerprint density at radius 1 is 1.14 bits per heavy atom. The third-order valence-corrected chi connectivity index (χ3v) is 5.71. The van der Waals surface area contributed by atoms with Crippen molar-refractivity contribution in [2.45, 2.75) is 26.2 Å². The van der Waals surface area contributed by atoms with Gasteiger partial charge in [0.2, 0.25) is 4.96 Å². The maximum absolute atomic E-state index is 12.8. The summed E-state index contributed by atoms with van der Waals surface area (Å²) in [5, 5.41) is 5.02. The zero-order chi connectivity index (χ0) is 20.2. The van der Waals surface area contributed by atoms with E-state index in [1.54, 1.807) is 12.1 Å². The molecular formula is C22H20ClN3O2S. The summed E-state index contributed by atoms with van der Waals surface area (Å²) in [4.78, 5) is 17.9. The molecule has 0 fully saturated rings. The van der Waals surface area contributed by atoms with Crippen LogP contribution in [0.25, 0.3) is 22.4 Å². The monoisotopic (exact) mass is 425 g/mol. The van der Waals surface area contributed by atoms with Gasteiger partial charge in [0.15, 0.2) is 5.82 Å². The molecule has 29 heavy (non-hydrogen) atoms. The Labute approximate surface area is 177 Å². The van der Waals surface area contributed by atoms with Crippen molar-refractivity contribution in [2.24, 2.45) is 0 Å². The lowest BCUT2D eigenvalue weighted by Gasteiger charge is -2.08. The molecular weight excluding hydrogens is 406 g/mol. The van der Waals surface area contributed by atoms with Crippen molar-refractivity contribution in [3.05, 3.63) is 74.0 Å². The molecule has 0 aliphatic carbocycles. The number of thiazole rings is 1. The van der Waals surface area contributed by atoms with Gasteiger partial charge in [-0.15, -0.1) is 5.10 Å². The van der Waals surface area contributed by atoms with E-state index in [4.69, 9.17) is 16.3 Å². The molecule has 0 saturated carbocycles. The molecule has 4 aromatic rings. The van der Waals surface area contributed by atoms with E-state index in [0.717, 1.165) is 36.1 Å². The molecule has 4 rings (SSSR count). The molecule has 7 heteroatoms. The summed E-state index contributed by atoms with van der Waals surface area (Å²) in [5.41, 5.74) is 1.52. The maximum Gasteiger partial charge on any atom is 0.291 e. The molecule has 5 nitrogen and oxygen atoms in total. The number of ether oxygens (including phenoxy) is 1. The predicted molar refractivity (Wildman–Crippen MR) is 118 cm³/mol. The Morgan fingerprint density at radius 3 is 2.69 bits per heavy atom. The van der Waals surface area contributed by atoms with Crippen LogP contribution < -0.4 is 14.8 Å². The Balaban J connectivity index is 1.66. The Bertz CT molecular complexity index is 1230. The second-order valence-corrected chi connectivity index (χ2v) is 8.09. The zero-order valence-corrected chi connectivity index (χ0v) is 17.5. The molecule has 2 heterocycles. The van der Waals surface area contributed by atoms with E-state index in [1.165, 1.54) is 15.9 Å². The van der Waals surface area contributed by atoms with Crippen LogP contribution in [0.4, 0.5) is 0 Å². The molecule has 148 valence electrons. The van der Waals surface area contributed by atoms with Crippen LogP contribution in [0.5, 0.6) is 5.75 Å². The predicted octanol–water partition coefficient (Wildman–Crippen LogP) is 4.59. The fourth-order valence-corrected chi connectivity index (χ4v) is 3.99. The van der Waals surface area contributed by atoms with Crippen molar-refractivity contribution >= 4 is 34.0 Å². The van der Waals surface area contributed by atoms with Gasteiger partial charge in [-0.05, 0) is 42.8 Å². The first-order chi connectivity index (χ1) is 14.2. The molecule has 0 atom stereocenters. The number of unbranched alkanes of at least 4 members (excludes halogenated alkanes) is 2. The molecule has 2 aromatic heterocycles. The van der Waals surface area contributed by atoms with Crippen molar-refractivity contribution in [1.29, 1.82) is 0 Å². The van der Waals surface area contributed by atoms with Gasteiger partial charge in [-0.2, -0.15) is 9.50 Å². The molecule has 0 saturated heterocycles. The highest BCUT2D eigenvalue weighted by Gasteiger charge is 2.12. The van der Waals surface area contributed by atoms with Crippen LogP contribution in [0.2, 0.25) is 5.02 Å². The summed E-state index contributed by atoms with van der Waals surface area (Å²) in [7, 11) is 0. The summed E-state index contributed by atoms with van der Waals surface area (Å²) < 4.78 is 7.84. The lowest BCUT2D eigenvalue weighted by molar-refractivity contribution is 0.305. The van der Waals surface area contributed by atoms with Crippen molar-refractivity contribution < 1.29 is 4.74 Å². The number of nitrogens with zero attached hydrogens (tertiary/aromatic N) is 3. The summed E-state index contributed by atoms with van der Waals surface area (Å²) in [6.45, 7) is 2.83. The van der Waals surface area contributed by atoms with Crippen molar-refractivity contribution in [2.75, 3.05) is 6.61 Å². The third-order valence-electron chi connectivity index (χ3n) is 4.50. The number of aromatic nitrogens is 3. The van der Waals surface area contributed by atoms with E-state index < -0.39 is 0 Å². The maximum atomic E-state index is 12.8.